The third kappa shape index (κ3) is 5.01. The normalized spacial score (nSPS) is 14.2. The summed E-state index contributed by atoms with van der Waals surface area (Å²) in [5, 5.41) is 3.08. The summed E-state index contributed by atoms with van der Waals surface area (Å²) in [7, 11) is -2.80. The fourth-order valence-electron chi connectivity index (χ4n) is 3.89. The summed E-state index contributed by atoms with van der Waals surface area (Å²) >= 11 is 6.26. The van der Waals surface area contributed by atoms with Crippen molar-refractivity contribution in [1.29, 1.82) is 0 Å². The van der Waals surface area contributed by atoms with E-state index in [4.69, 9.17) is 16.3 Å². The smallest absolute Gasteiger partial charge is 0.338 e. The summed E-state index contributed by atoms with van der Waals surface area (Å²) in [5.41, 5.74) is 2.44. The number of nitrogens with zero attached hydrogens (tertiary/aromatic N) is 1. The van der Waals surface area contributed by atoms with Crippen molar-refractivity contribution in [3.05, 3.63) is 99.4 Å². The number of nitrogens with one attached hydrogen (secondary N) is 1. The minimum atomic E-state index is -4.20. The van der Waals surface area contributed by atoms with Crippen LogP contribution in [0.5, 0.6) is 0 Å². The minimum absolute atomic E-state index is 0.264. The Balaban J connectivity index is 1.74. The number of fused-ring (bicyclic) bond motifs is 1. The molecule has 3 aromatic carbocycles. The first-order valence-corrected chi connectivity index (χ1v) is 13.2. The first kappa shape index (κ1) is 25.5. The molecule has 1 amide bonds. The highest BCUT2D eigenvalue weighted by Gasteiger charge is 2.39. The van der Waals surface area contributed by atoms with Crippen molar-refractivity contribution in [1.82, 2.24) is 0 Å². The van der Waals surface area contributed by atoms with Gasteiger partial charge in [-0.2, -0.15) is 0 Å². The van der Waals surface area contributed by atoms with Gasteiger partial charge in [0, 0.05) is 28.9 Å². The molecule has 0 saturated heterocycles. The Hall–Kier alpha value is -3.62. The SMILES string of the molecule is CCCCOC(=O)c1ccc(NC(=O)C2=C(c3ccccc3)c3cc(Cl)ccc3N(C)S2(=O)=O)cc1. The van der Waals surface area contributed by atoms with Gasteiger partial charge in [-0.05, 0) is 54.4 Å². The van der Waals surface area contributed by atoms with Crippen LogP contribution in [0.25, 0.3) is 5.57 Å². The maximum absolute atomic E-state index is 13.6. The van der Waals surface area contributed by atoms with Crippen LogP contribution in [0.4, 0.5) is 11.4 Å². The van der Waals surface area contributed by atoms with Gasteiger partial charge in [0.25, 0.3) is 15.9 Å². The summed E-state index contributed by atoms with van der Waals surface area (Å²) in [4.78, 5) is 25.3. The van der Waals surface area contributed by atoms with Gasteiger partial charge in [0.05, 0.1) is 17.9 Å². The molecule has 7 nitrogen and oxygen atoms in total. The van der Waals surface area contributed by atoms with Crippen molar-refractivity contribution in [2.24, 2.45) is 0 Å². The van der Waals surface area contributed by atoms with Crippen LogP contribution in [0.1, 0.15) is 41.3 Å². The number of amides is 1. The number of benzene rings is 3. The van der Waals surface area contributed by atoms with Gasteiger partial charge in [0.15, 0.2) is 4.91 Å². The lowest BCUT2D eigenvalue weighted by Gasteiger charge is -2.31. The number of hydrogen-bond donors (Lipinski definition) is 1. The van der Waals surface area contributed by atoms with E-state index in [9.17, 15) is 18.0 Å². The number of sulfonamides is 1. The molecular formula is C27H25ClN2O5S. The summed E-state index contributed by atoms with van der Waals surface area (Å²) in [6.45, 7) is 2.34. The zero-order valence-corrected chi connectivity index (χ0v) is 21.4. The van der Waals surface area contributed by atoms with E-state index >= 15 is 0 Å². The fraction of sp³-hybridized carbons (Fsp3) is 0.185. The molecule has 3 aromatic rings. The molecule has 0 unspecified atom stereocenters. The summed E-state index contributed by atoms with van der Waals surface area (Å²) < 4.78 is 33.4. The van der Waals surface area contributed by atoms with Gasteiger partial charge in [-0.25, -0.2) is 13.2 Å². The van der Waals surface area contributed by atoms with Gasteiger partial charge in [0.2, 0.25) is 0 Å². The number of rotatable bonds is 7. The quantitative estimate of drug-likeness (QED) is 0.326. The monoisotopic (exact) mass is 524 g/mol. The first-order valence-electron chi connectivity index (χ1n) is 11.4. The van der Waals surface area contributed by atoms with Crippen LogP contribution in [0.3, 0.4) is 0 Å². The standard InChI is InChI=1S/C27H25ClN2O5S/c1-3-4-16-35-27(32)19-10-13-21(14-11-19)29-26(31)25-24(18-8-6-5-7-9-18)22-17-20(28)12-15-23(22)30(2)36(25,33)34/h5-15,17H,3-4,16H2,1-2H3,(H,29,31). The van der Waals surface area contributed by atoms with E-state index in [1.165, 1.54) is 31.3 Å². The van der Waals surface area contributed by atoms with Crippen molar-refractivity contribution < 1.29 is 22.7 Å². The topological polar surface area (TPSA) is 92.8 Å². The van der Waals surface area contributed by atoms with E-state index in [2.05, 4.69) is 5.32 Å². The van der Waals surface area contributed by atoms with E-state index < -0.39 is 26.8 Å². The molecule has 1 aliphatic rings. The Morgan fingerprint density at radius 1 is 1.00 bits per heavy atom. The van der Waals surface area contributed by atoms with Gasteiger partial charge in [-0.1, -0.05) is 55.3 Å². The second kappa shape index (κ2) is 10.6. The summed E-state index contributed by atoms with van der Waals surface area (Å²) in [6, 6.07) is 19.8. The molecule has 9 heteroatoms. The van der Waals surface area contributed by atoms with E-state index in [1.54, 1.807) is 48.5 Å². The Morgan fingerprint density at radius 3 is 2.36 bits per heavy atom. The molecule has 1 aliphatic heterocycles. The van der Waals surface area contributed by atoms with Crippen molar-refractivity contribution in [3.63, 3.8) is 0 Å². The number of carbonyl (C=O) groups excluding carboxylic acids is 2. The van der Waals surface area contributed by atoms with E-state index in [-0.39, 0.29) is 5.57 Å². The lowest BCUT2D eigenvalue weighted by Crippen LogP contribution is -2.37. The lowest BCUT2D eigenvalue weighted by atomic mass is 9.95. The van der Waals surface area contributed by atoms with Crippen LogP contribution in [-0.2, 0) is 19.6 Å². The molecule has 0 atom stereocenters. The molecule has 0 aliphatic carbocycles. The Kier molecular flexibility index (Phi) is 7.47. The molecular weight excluding hydrogens is 500 g/mol. The van der Waals surface area contributed by atoms with Gasteiger partial charge < -0.3 is 10.1 Å². The highest BCUT2D eigenvalue weighted by atomic mass is 35.5. The number of unbranched alkanes of at least 4 members (excludes halogenated alkanes) is 1. The molecule has 0 bridgehead atoms. The zero-order chi connectivity index (χ0) is 25.9. The highest BCUT2D eigenvalue weighted by molar-refractivity contribution is 7.97. The molecule has 0 fully saturated rings. The van der Waals surface area contributed by atoms with Crippen LogP contribution in [-0.4, -0.2) is 33.9 Å². The summed E-state index contributed by atoms with van der Waals surface area (Å²) in [6.07, 6.45) is 1.68. The Bertz CT molecular complexity index is 1430. The number of hydrogen-bond acceptors (Lipinski definition) is 5. The van der Waals surface area contributed by atoms with Gasteiger partial charge >= 0.3 is 5.97 Å². The molecule has 36 heavy (non-hydrogen) atoms. The van der Waals surface area contributed by atoms with Crippen LogP contribution < -0.4 is 9.62 Å². The number of halogens is 1. The number of carbonyl (C=O) groups is 2. The maximum atomic E-state index is 13.6. The largest absolute Gasteiger partial charge is 0.462 e. The third-order valence-electron chi connectivity index (χ3n) is 5.79. The number of esters is 1. The fourth-order valence-corrected chi connectivity index (χ4v) is 5.53. The van der Waals surface area contributed by atoms with Crippen LogP contribution in [0.2, 0.25) is 5.02 Å². The molecule has 4 rings (SSSR count). The van der Waals surface area contributed by atoms with Crippen molar-refractivity contribution >= 4 is 50.4 Å². The number of anilines is 2. The molecule has 0 saturated carbocycles. The Labute approximate surface area is 215 Å². The second-order valence-corrected chi connectivity index (χ2v) is 10.6. The highest BCUT2D eigenvalue weighted by Crippen LogP contribution is 2.43. The first-order chi connectivity index (χ1) is 17.2. The summed E-state index contributed by atoms with van der Waals surface area (Å²) in [5.74, 6) is -1.26. The predicted molar refractivity (Wildman–Crippen MR) is 142 cm³/mol. The third-order valence-corrected chi connectivity index (χ3v) is 7.85. The molecule has 186 valence electrons. The number of ether oxygens (including phenoxy) is 1. The van der Waals surface area contributed by atoms with E-state index in [0.717, 1.165) is 17.1 Å². The van der Waals surface area contributed by atoms with E-state index in [0.29, 0.717) is 39.7 Å². The molecule has 0 spiro atoms. The average molecular weight is 525 g/mol. The minimum Gasteiger partial charge on any atom is -0.462 e. The lowest BCUT2D eigenvalue weighted by molar-refractivity contribution is -0.112. The van der Waals surface area contributed by atoms with E-state index in [1.807, 2.05) is 6.92 Å². The van der Waals surface area contributed by atoms with Crippen molar-refractivity contribution in [2.45, 2.75) is 19.8 Å². The van der Waals surface area contributed by atoms with Gasteiger partial charge in [-0.15, -0.1) is 0 Å². The van der Waals surface area contributed by atoms with Crippen LogP contribution >= 0.6 is 11.6 Å². The van der Waals surface area contributed by atoms with Crippen LogP contribution in [0.15, 0.2) is 77.7 Å². The van der Waals surface area contributed by atoms with Crippen molar-refractivity contribution in [2.75, 3.05) is 23.3 Å². The average Bonchev–Trinajstić information content (AvgIpc) is 2.87. The molecule has 0 radical (unpaired) electrons. The van der Waals surface area contributed by atoms with Crippen LogP contribution in [0, 0.1) is 0 Å². The van der Waals surface area contributed by atoms with Gasteiger partial charge in [-0.3, -0.25) is 9.10 Å². The zero-order valence-electron chi connectivity index (χ0n) is 19.8. The molecule has 1 N–H and O–H groups in total. The van der Waals surface area contributed by atoms with Gasteiger partial charge in [0.1, 0.15) is 0 Å². The maximum Gasteiger partial charge on any atom is 0.338 e. The second-order valence-electron chi connectivity index (χ2n) is 8.23. The Morgan fingerprint density at radius 2 is 1.69 bits per heavy atom. The molecule has 1 heterocycles. The molecule has 0 aromatic heterocycles. The predicted octanol–water partition coefficient (Wildman–Crippen LogP) is 5.47. The van der Waals surface area contributed by atoms with Crippen molar-refractivity contribution in [3.8, 4) is 0 Å².